The molecule has 2 N–H and O–H groups in total. The van der Waals surface area contributed by atoms with Gasteiger partial charge in [0.2, 0.25) is 5.56 Å². The second-order valence-corrected chi connectivity index (χ2v) is 7.53. The Hall–Kier alpha value is -1.98. The van der Waals surface area contributed by atoms with Gasteiger partial charge in [-0.1, -0.05) is 18.2 Å². The van der Waals surface area contributed by atoms with Gasteiger partial charge in [-0.25, -0.2) is 4.39 Å². The lowest BCUT2D eigenvalue weighted by Crippen LogP contribution is -2.46. The van der Waals surface area contributed by atoms with E-state index in [1.807, 2.05) is 24.4 Å². The van der Waals surface area contributed by atoms with E-state index in [9.17, 15) is 9.18 Å². The molecule has 0 saturated carbocycles. The van der Waals surface area contributed by atoms with Gasteiger partial charge in [0.1, 0.15) is 5.82 Å². The largest absolute Gasteiger partial charge is 0.379 e. The molecule has 2 heterocycles. The summed E-state index contributed by atoms with van der Waals surface area (Å²) in [6.07, 6.45) is 3.64. The van der Waals surface area contributed by atoms with Gasteiger partial charge in [-0.05, 0) is 36.6 Å². The number of aryl methyl sites for hydroxylation is 1. The number of halogens is 2. The molecule has 1 fully saturated rings. The number of hydrogen-bond donors (Lipinski definition) is 2. The van der Waals surface area contributed by atoms with Crippen molar-refractivity contribution in [3.8, 4) is 0 Å². The topological polar surface area (TPSA) is 70.9 Å². The molecule has 0 radical (unpaired) electrons. The Morgan fingerprint density at radius 1 is 1.12 bits per heavy atom. The molecule has 1 aromatic carbocycles. The van der Waals surface area contributed by atoms with Crippen LogP contribution >= 0.6 is 24.0 Å². The van der Waals surface area contributed by atoms with Crippen LogP contribution in [0.15, 0.2) is 58.4 Å². The fourth-order valence-corrected chi connectivity index (χ4v) is 3.71. The van der Waals surface area contributed by atoms with Crippen LogP contribution in [0.2, 0.25) is 0 Å². The van der Waals surface area contributed by atoms with Gasteiger partial charge in [0.05, 0.1) is 19.3 Å². The lowest BCUT2D eigenvalue weighted by atomic mass is 10.0. The maximum atomic E-state index is 13.4. The molecule has 7 nitrogen and oxygen atoms in total. The zero-order valence-electron chi connectivity index (χ0n) is 18.5. The number of unbranched alkanes of at least 4 members (excludes halogenated alkanes) is 1. The maximum absolute atomic E-state index is 13.4. The minimum absolute atomic E-state index is 0. The molecule has 1 aliphatic rings. The van der Waals surface area contributed by atoms with Crippen LogP contribution in [0.4, 0.5) is 4.39 Å². The quantitative estimate of drug-likeness (QED) is 0.215. The summed E-state index contributed by atoms with van der Waals surface area (Å²) in [5.41, 5.74) is 1.10. The Morgan fingerprint density at radius 3 is 2.56 bits per heavy atom. The second kappa shape index (κ2) is 14.2. The Labute approximate surface area is 206 Å². The molecule has 1 unspecified atom stereocenters. The van der Waals surface area contributed by atoms with Crippen molar-refractivity contribution in [1.29, 1.82) is 0 Å². The summed E-state index contributed by atoms with van der Waals surface area (Å²) in [7, 11) is 1.75. The predicted octanol–water partition coefficient (Wildman–Crippen LogP) is 2.62. The normalized spacial score (nSPS) is 15.6. The third-order valence-electron chi connectivity index (χ3n) is 5.44. The first kappa shape index (κ1) is 26.3. The molecule has 0 bridgehead atoms. The van der Waals surface area contributed by atoms with E-state index in [1.165, 1.54) is 12.1 Å². The molecular formula is C23H33FIN5O2. The summed E-state index contributed by atoms with van der Waals surface area (Å²) < 4.78 is 20.6. The van der Waals surface area contributed by atoms with Gasteiger partial charge >= 0.3 is 0 Å². The summed E-state index contributed by atoms with van der Waals surface area (Å²) >= 11 is 0. The highest BCUT2D eigenvalue weighted by Crippen LogP contribution is 2.21. The number of guanidine groups is 1. The third-order valence-corrected chi connectivity index (χ3v) is 5.44. The number of nitrogens with one attached hydrogen (secondary N) is 2. The van der Waals surface area contributed by atoms with Crippen molar-refractivity contribution in [2.75, 3.05) is 46.4 Å². The van der Waals surface area contributed by atoms with Crippen LogP contribution in [0.1, 0.15) is 24.4 Å². The van der Waals surface area contributed by atoms with Crippen LogP contribution in [-0.2, 0) is 11.3 Å². The number of benzene rings is 1. The zero-order valence-corrected chi connectivity index (χ0v) is 20.8. The number of aliphatic imine (C=N–C) groups is 1. The minimum Gasteiger partial charge on any atom is -0.379 e. The molecule has 1 aliphatic heterocycles. The predicted molar refractivity (Wildman–Crippen MR) is 136 cm³/mol. The number of rotatable bonds is 9. The van der Waals surface area contributed by atoms with Crippen LogP contribution < -0.4 is 16.2 Å². The molecule has 176 valence electrons. The van der Waals surface area contributed by atoms with E-state index in [4.69, 9.17) is 4.74 Å². The molecule has 0 aliphatic carbocycles. The molecule has 9 heteroatoms. The first-order valence-electron chi connectivity index (χ1n) is 10.8. The van der Waals surface area contributed by atoms with Crippen LogP contribution in [0, 0.1) is 5.82 Å². The first-order valence-corrected chi connectivity index (χ1v) is 10.8. The van der Waals surface area contributed by atoms with E-state index < -0.39 is 0 Å². The number of pyridine rings is 1. The van der Waals surface area contributed by atoms with Crippen molar-refractivity contribution in [1.82, 2.24) is 20.1 Å². The standard InChI is InChI=1S/C23H32FN5O2.HI/c1-25-23(26-11-3-5-13-29-12-4-2-6-22(29)30)27-18-21(28-14-16-31-17-15-28)19-7-9-20(24)10-8-19;/h2,4,6-10,12,21H,3,5,11,13-18H2,1H3,(H2,25,26,27);1H. The van der Waals surface area contributed by atoms with Crippen molar-refractivity contribution >= 4 is 29.9 Å². The van der Waals surface area contributed by atoms with Crippen molar-refractivity contribution in [2.24, 2.45) is 4.99 Å². The van der Waals surface area contributed by atoms with Gasteiger partial charge in [0.25, 0.3) is 0 Å². The number of hydrogen-bond acceptors (Lipinski definition) is 4. The van der Waals surface area contributed by atoms with Crippen LogP contribution in [-0.4, -0.2) is 61.9 Å². The summed E-state index contributed by atoms with van der Waals surface area (Å²) in [5, 5.41) is 6.74. The summed E-state index contributed by atoms with van der Waals surface area (Å²) in [6.45, 7) is 5.22. The van der Waals surface area contributed by atoms with Gasteiger partial charge in [-0.3, -0.25) is 14.7 Å². The van der Waals surface area contributed by atoms with E-state index >= 15 is 0 Å². The molecule has 2 aromatic rings. The maximum Gasteiger partial charge on any atom is 0.250 e. The van der Waals surface area contributed by atoms with Crippen molar-refractivity contribution in [3.05, 3.63) is 70.4 Å². The highest BCUT2D eigenvalue weighted by Gasteiger charge is 2.23. The summed E-state index contributed by atoms with van der Waals surface area (Å²) in [6, 6.07) is 12.0. The molecule has 1 saturated heterocycles. The first-order chi connectivity index (χ1) is 15.2. The Bertz CT molecular complexity index is 884. The highest BCUT2D eigenvalue weighted by atomic mass is 127. The zero-order chi connectivity index (χ0) is 21.9. The molecule has 1 aromatic heterocycles. The lowest BCUT2D eigenvalue weighted by molar-refractivity contribution is 0.0170. The highest BCUT2D eigenvalue weighted by molar-refractivity contribution is 14.0. The fourth-order valence-electron chi connectivity index (χ4n) is 3.71. The summed E-state index contributed by atoms with van der Waals surface area (Å²) in [5.74, 6) is 0.505. The van der Waals surface area contributed by atoms with Crippen LogP contribution in [0.25, 0.3) is 0 Å². The molecule has 3 rings (SSSR count). The van der Waals surface area contributed by atoms with Gasteiger partial charge < -0.3 is 19.9 Å². The van der Waals surface area contributed by atoms with Crippen LogP contribution in [0.5, 0.6) is 0 Å². The van der Waals surface area contributed by atoms with Crippen molar-refractivity contribution in [3.63, 3.8) is 0 Å². The monoisotopic (exact) mass is 557 g/mol. The number of nitrogens with zero attached hydrogens (tertiary/aromatic N) is 3. The van der Waals surface area contributed by atoms with Gasteiger partial charge in [-0.15, -0.1) is 24.0 Å². The Kier molecular flexibility index (Phi) is 11.7. The lowest BCUT2D eigenvalue weighted by Gasteiger charge is -2.35. The van der Waals surface area contributed by atoms with Gasteiger partial charge in [-0.2, -0.15) is 0 Å². The average molecular weight is 557 g/mol. The second-order valence-electron chi connectivity index (χ2n) is 7.53. The third kappa shape index (κ3) is 8.18. The molecule has 32 heavy (non-hydrogen) atoms. The van der Waals surface area contributed by atoms with Crippen molar-refractivity contribution < 1.29 is 9.13 Å². The molecule has 0 spiro atoms. The van der Waals surface area contributed by atoms with E-state index in [-0.39, 0.29) is 41.4 Å². The van der Waals surface area contributed by atoms with Crippen molar-refractivity contribution in [2.45, 2.75) is 25.4 Å². The Morgan fingerprint density at radius 2 is 1.88 bits per heavy atom. The molecule has 1 atom stereocenters. The number of ether oxygens (including phenoxy) is 1. The van der Waals surface area contributed by atoms with E-state index in [1.54, 1.807) is 23.7 Å². The van der Waals surface area contributed by atoms with Gasteiger partial charge in [0, 0.05) is 52.0 Å². The molecular weight excluding hydrogens is 524 g/mol. The summed E-state index contributed by atoms with van der Waals surface area (Å²) in [4.78, 5) is 18.4. The smallest absolute Gasteiger partial charge is 0.250 e. The van der Waals surface area contributed by atoms with E-state index in [2.05, 4.69) is 20.5 Å². The van der Waals surface area contributed by atoms with E-state index in [0.717, 1.165) is 44.0 Å². The number of morpholine rings is 1. The minimum atomic E-state index is -0.229. The Balaban J connectivity index is 0.00000363. The fraction of sp³-hybridized carbons (Fsp3) is 0.478. The number of aromatic nitrogens is 1. The van der Waals surface area contributed by atoms with Crippen LogP contribution in [0.3, 0.4) is 0 Å². The van der Waals surface area contributed by atoms with E-state index in [0.29, 0.717) is 26.3 Å². The molecule has 0 amide bonds. The van der Waals surface area contributed by atoms with Gasteiger partial charge in [0.15, 0.2) is 5.96 Å². The average Bonchev–Trinajstić information content (AvgIpc) is 2.80. The SMILES string of the molecule is CN=C(NCCCCn1ccccc1=O)NCC(c1ccc(F)cc1)N1CCOCC1.I.